The van der Waals surface area contributed by atoms with Gasteiger partial charge >= 0.3 is 0 Å². The molecule has 3 fully saturated rings. The molecule has 1 unspecified atom stereocenters. The summed E-state index contributed by atoms with van der Waals surface area (Å²) in [5, 5.41) is 0.297. The number of fused-ring (bicyclic) bond motifs is 5. The largest absolute Gasteiger partial charge is 0.414 e. The minimum absolute atomic E-state index is 0.297. The van der Waals surface area contributed by atoms with E-state index in [-0.39, 0.29) is 0 Å². The molecule has 0 bridgehead atoms. The van der Waals surface area contributed by atoms with E-state index >= 15 is 0 Å². The van der Waals surface area contributed by atoms with Crippen LogP contribution in [0.15, 0.2) is 23.8 Å². The zero-order valence-corrected chi connectivity index (χ0v) is 26.8. The van der Waals surface area contributed by atoms with E-state index in [1.807, 2.05) is 0 Å². The van der Waals surface area contributed by atoms with Crippen LogP contribution >= 0.6 is 0 Å². The maximum absolute atomic E-state index is 6.95. The molecule has 0 aromatic heterocycles. The van der Waals surface area contributed by atoms with E-state index in [1.54, 1.807) is 5.57 Å². The Morgan fingerprint density at radius 1 is 1.06 bits per heavy atom. The average Bonchev–Trinajstić information content (AvgIpc) is 3.13. The van der Waals surface area contributed by atoms with Crippen molar-refractivity contribution < 1.29 is 4.43 Å². The van der Waals surface area contributed by atoms with Gasteiger partial charge in [-0.2, -0.15) is 0 Å². The quantitative estimate of drug-likeness (QED) is 0.187. The van der Waals surface area contributed by atoms with Gasteiger partial charge in [-0.25, -0.2) is 0 Å². The first-order chi connectivity index (χ1) is 16.6. The molecule has 0 aliphatic heterocycles. The van der Waals surface area contributed by atoms with Crippen molar-refractivity contribution in [2.24, 2.45) is 46.3 Å². The predicted molar refractivity (Wildman–Crippen MR) is 160 cm³/mol. The molecule has 0 aromatic carbocycles. The monoisotopic (exact) mass is 513 g/mol. The van der Waals surface area contributed by atoms with E-state index < -0.39 is 8.32 Å². The van der Waals surface area contributed by atoms with Gasteiger partial charge in [0, 0.05) is 6.10 Å². The van der Waals surface area contributed by atoms with E-state index in [1.165, 1.54) is 69.8 Å². The molecule has 36 heavy (non-hydrogen) atoms. The third-order valence-corrected chi connectivity index (χ3v) is 17.4. The van der Waals surface area contributed by atoms with Gasteiger partial charge in [-0.15, -0.1) is 0 Å². The highest BCUT2D eigenvalue weighted by atomic mass is 28.4. The smallest absolute Gasteiger partial charge is 0.192 e. The first-order valence-electron chi connectivity index (χ1n) is 15.6. The van der Waals surface area contributed by atoms with Crippen LogP contribution in [0.3, 0.4) is 0 Å². The Morgan fingerprint density at radius 2 is 1.75 bits per heavy atom. The summed E-state index contributed by atoms with van der Waals surface area (Å²) >= 11 is 0. The molecule has 0 radical (unpaired) electrons. The van der Waals surface area contributed by atoms with Crippen LogP contribution in [0.5, 0.6) is 0 Å². The third kappa shape index (κ3) is 5.01. The molecule has 1 nitrogen and oxygen atoms in total. The van der Waals surface area contributed by atoms with Gasteiger partial charge in [0.2, 0.25) is 0 Å². The summed E-state index contributed by atoms with van der Waals surface area (Å²) in [6, 6.07) is 0. The molecule has 4 aliphatic carbocycles. The molecule has 9 atom stereocenters. The highest BCUT2D eigenvalue weighted by Crippen LogP contribution is 2.67. The Kier molecular flexibility index (Phi) is 7.96. The maximum atomic E-state index is 6.95. The fourth-order valence-corrected chi connectivity index (χ4v) is 10.6. The average molecular weight is 514 g/mol. The summed E-state index contributed by atoms with van der Waals surface area (Å²) in [6.07, 6.45) is 16.8. The minimum Gasteiger partial charge on any atom is -0.414 e. The lowest BCUT2D eigenvalue weighted by Crippen LogP contribution is -2.52. The predicted octanol–water partition coefficient (Wildman–Crippen LogP) is 10.6. The Bertz CT molecular complexity index is 846. The normalized spacial score (nSPS) is 40.5. The standard InChI is InChI=1S/C34H60OSi/c1-23(2)24(3)12-13-25(4)29-16-17-30-28-15-14-26-22-27(35-36(10,11)32(5,6)7)18-20-33(26,8)31(28)19-21-34(29,30)9/h14,23,25,27-31H,3,12-13,15-22H2,1-2,4-11H3/t25-,27+,28+,29-,30+,31+,33+,34-/m1/s1/i1+1/t23?,25-,27+,28+,29-,30+,31+,33+,34-. The van der Waals surface area contributed by atoms with E-state index in [0.717, 1.165) is 29.6 Å². The van der Waals surface area contributed by atoms with Crippen LogP contribution < -0.4 is 0 Å². The summed E-state index contributed by atoms with van der Waals surface area (Å²) < 4.78 is 6.95. The topological polar surface area (TPSA) is 9.23 Å². The SMILES string of the molecule is C=C(CC[C@@H](C)[C@H]1CC[C@H]2[C@@H]3CC=C4C[C@@H](O[Si](C)(C)C(C)(C)C)CC[C@]4(C)[C@H]3CC[C@]12C)C(C)[13CH3]. The summed E-state index contributed by atoms with van der Waals surface area (Å²) in [6.45, 7) is 28.9. The number of hydrogen-bond donors (Lipinski definition) is 0. The second-order valence-corrected chi connectivity index (χ2v) is 20.8. The van der Waals surface area contributed by atoms with Crippen molar-refractivity contribution in [2.45, 2.75) is 144 Å². The van der Waals surface area contributed by atoms with E-state index in [2.05, 4.69) is 81.1 Å². The van der Waals surface area contributed by atoms with Crippen LogP contribution in [0.2, 0.25) is 18.1 Å². The lowest BCUT2D eigenvalue weighted by molar-refractivity contribution is -0.0563. The van der Waals surface area contributed by atoms with Crippen LogP contribution in [0.4, 0.5) is 0 Å². The Balaban J connectivity index is 1.45. The van der Waals surface area contributed by atoms with Crippen molar-refractivity contribution in [2.75, 3.05) is 0 Å². The van der Waals surface area contributed by atoms with Crippen molar-refractivity contribution in [1.29, 1.82) is 0 Å². The van der Waals surface area contributed by atoms with Gasteiger partial charge in [-0.3, -0.25) is 0 Å². The number of hydrogen-bond acceptors (Lipinski definition) is 1. The van der Waals surface area contributed by atoms with Gasteiger partial charge in [0.05, 0.1) is 0 Å². The van der Waals surface area contributed by atoms with Crippen LogP contribution in [0.1, 0.15) is 120 Å². The van der Waals surface area contributed by atoms with Crippen molar-refractivity contribution in [3.05, 3.63) is 23.8 Å². The van der Waals surface area contributed by atoms with Gasteiger partial charge in [0.15, 0.2) is 8.32 Å². The molecule has 0 amide bonds. The van der Waals surface area contributed by atoms with E-state index in [4.69, 9.17) is 4.43 Å². The number of rotatable bonds is 7. The van der Waals surface area contributed by atoms with Gasteiger partial charge in [0.25, 0.3) is 0 Å². The van der Waals surface area contributed by atoms with Crippen molar-refractivity contribution in [3.8, 4) is 0 Å². The maximum Gasteiger partial charge on any atom is 0.192 e. The first kappa shape index (κ1) is 28.7. The van der Waals surface area contributed by atoms with Gasteiger partial charge in [-0.1, -0.05) is 79.2 Å². The van der Waals surface area contributed by atoms with Crippen LogP contribution in [-0.4, -0.2) is 14.4 Å². The van der Waals surface area contributed by atoms with E-state index in [0.29, 0.717) is 27.9 Å². The molecule has 4 aliphatic rings. The molecule has 206 valence electrons. The molecular weight excluding hydrogens is 453 g/mol. The molecule has 2 heteroatoms. The van der Waals surface area contributed by atoms with Crippen molar-refractivity contribution in [1.82, 2.24) is 0 Å². The highest BCUT2D eigenvalue weighted by Gasteiger charge is 2.59. The molecular formula is C34H60OSi. The number of allylic oxidation sites excluding steroid dienone is 2. The molecule has 0 aromatic rings. The summed E-state index contributed by atoms with van der Waals surface area (Å²) in [5.74, 6) is 5.13. The summed E-state index contributed by atoms with van der Waals surface area (Å²) in [7, 11) is -1.71. The van der Waals surface area contributed by atoms with Crippen LogP contribution in [-0.2, 0) is 4.43 Å². The Labute approximate surface area is 226 Å². The Hall–Kier alpha value is -0.343. The molecule has 4 rings (SSSR count). The Morgan fingerprint density at radius 3 is 2.39 bits per heavy atom. The molecule has 3 saturated carbocycles. The minimum atomic E-state index is -1.71. The van der Waals surface area contributed by atoms with Gasteiger partial charge in [-0.05, 0) is 129 Å². The highest BCUT2D eigenvalue weighted by molar-refractivity contribution is 6.74. The fraction of sp³-hybridized carbons (Fsp3) is 0.882. The summed E-state index contributed by atoms with van der Waals surface area (Å²) in [4.78, 5) is 0. The molecule has 0 N–H and O–H groups in total. The molecule has 0 heterocycles. The zero-order valence-electron chi connectivity index (χ0n) is 25.8. The molecule has 0 saturated heterocycles. The van der Waals surface area contributed by atoms with Gasteiger partial charge in [0.1, 0.15) is 0 Å². The van der Waals surface area contributed by atoms with Crippen LogP contribution in [0.25, 0.3) is 0 Å². The second-order valence-electron chi connectivity index (χ2n) is 16.1. The second kappa shape index (κ2) is 10.00. The lowest BCUT2D eigenvalue weighted by atomic mass is 9.47. The van der Waals surface area contributed by atoms with Crippen molar-refractivity contribution >= 4 is 8.32 Å². The fourth-order valence-electron chi connectivity index (χ4n) is 9.20. The summed E-state index contributed by atoms with van der Waals surface area (Å²) in [5.41, 5.74) is 4.22. The third-order valence-electron chi connectivity index (χ3n) is 12.8. The van der Waals surface area contributed by atoms with Crippen LogP contribution in [0, 0.1) is 46.3 Å². The first-order valence-corrected chi connectivity index (χ1v) is 18.6. The van der Waals surface area contributed by atoms with E-state index in [9.17, 15) is 0 Å². The van der Waals surface area contributed by atoms with Crippen molar-refractivity contribution in [3.63, 3.8) is 0 Å². The zero-order chi connectivity index (χ0) is 26.7. The lowest BCUT2D eigenvalue weighted by Gasteiger charge is -2.59. The van der Waals surface area contributed by atoms with Gasteiger partial charge < -0.3 is 4.43 Å². The molecule has 0 spiro atoms.